The van der Waals surface area contributed by atoms with E-state index in [0.29, 0.717) is 35.9 Å². The molecule has 0 saturated carbocycles. The van der Waals surface area contributed by atoms with Crippen LogP contribution >= 0.6 is 24.0 Å². The maximum Gasteiger partial charge on any atom is 0.253 e. The summed E-state index contributed by atoms with van der Waals surface area (Å²) in [5.41, 5.74) is 1.84. The predicted molar refractivity (Wildman–Crippen MR) is 108 cm³/mol. The van der Waals surface area contributed by atoms with Gasteiger partial charge in [0.15, 0.2) is 0 Å². The molecule has 1 aliphatic heterocycles. The van der Waals surface area contributed by atoms with E-state index in [0.717, 1.165) is 5.56 Å². The maximum atomic E-state index is 12.9. The van der Waals surface area contributed by atoms with Gasteiger partial charge in [0.05, 0.1) is 23.4 Å². The molecule has 1 aromatic heterocycles. The van der Waals surface area contributed by atoms with Gasteiger partial charge in [0, 0.05) is 43.8 Å². The summed E-state index contributed by atoms with van der Waals surface area (Å²) in [7, 11) is 1.85. The van der Waals surface area contributed by atoms with Crippen LogP contribution < -0.4 is 16.0 Å². The Bertz CT molecular complexity index is 824. The molecule has 3 rings (SSSR count). The van der Waals surface area contributed by atoms with Gasteiger partial charge in [-0.3, -0.25) is 14.3 Å². The lowest BCUT2D eigenvalue weighted by Crippen LogP contribution is -2.30. The normalized spacial score (nSPS) is 18.6. The molecule has 146 valence electrons. The average molecular weight is 412 g/mol. The van der Waals surface area contributed by atoms with Crippen molar-refractivity contribution in [2.75, 3.05) is 25.0 Å². The number of hydrogen-bond acceptors (Lipinski definition) is 4. The van der Waals surface area contributed by atoms with Gasteiger partial charge in [0.2, 0.25) is 5.91 Å². The van der Waals surface area contributed by atoms with Crippen molar-refractivity contribution in [2.45, 2.75) is 12.8 Å². The van der Waals surface area contributed by atoms with Crippen molar-refractivity contribution in [1.82, 2.24) is 20.4 Å². The summed E-state index contributed by atoms with van der Waals surface area (Å²) in [5, 5.41) is 13.6. The number of rotatable bonds is 5. The first kappa shape index (κ1) is 21.2. The molecule has 0 aliphatic carbocycles. The van der Waals surface area contributed by atoms with Crippen LogP contribution in [0.4, 0.5) is 5.69 Å². The zero-order valence-corrected chi connectivity index (χ0v) is 16.7. The van der Waals surface area contributed by atoms with Crippen LogP contribution in [0.3, 0.4) is 0 Å². The van der Waals surface area contributed by atoms with Crippen LogP contribution in [0.2, 0.25) is 5.02 Å². The lowest BCUT2D eigenvalue weighted by Gasteiger charge is -2.18. The lowest BCUT2D eigenvalue weighted by atomic mass is 9.90. The van der Waals surface area contributed by atoms with E-state index in [1.54, 1.807) is 29.1 Å². The van der Waals surface area contributed by atoms with E-state index in [2.05, 4.69) is 21.0 Å². The van der Waals surface area contributed by atoms with Crippen molar-refractivity contribution in [3.8, 4) is 0 Å². The minimum atomic E-state index is -0.250. The topological polar surface area (TPSA) is 88.1 Å². The van der Waals surface area contributed by atoms with Gasteiger partial charge >= 0.3 is 0 Å². The van der Waals surface area contributed by atoms with Gasteiger partial charge in [0.1, 0.15) is 0 Å². The molecule has 3 N–H and O–H groups in total. The quantitative estimate of drug-likeness (QED) is 0.703. The monoisotopic (exact) mass is 411 g/mol. The average Bonchev–Trinajstić information content (AvgIpc) is 3.23. The van der Waals surface area contributed by atoms with Crippen LogP contribution in [0.5, 0.6) is 0 Å². The number of nitrogens with one attached hydrogen (secondary N) is 3. The number of hydrogen-bond donors (Lipinski definition) is 3. The number of carbonyl (C=O) groups is 2. The number of anilines is 1. The van der Waals surface area contributed by atoms with Gasteiger partial charge < -0.3 is 16.0 Å². The molecule has 0 bridgehead atoms. The summed E-state index contributed by atoms with van der Waals surface area (Å²) in [6.45, 7) is 3.63. The fourth-order valence-electron chi connectivity index (χ4n) is 3.24. The van der Waals surface area contributed by atoms with Gasteiger partial charge in [-0.25, -0.2) is 0 Å². The largest absolute Gasteiger partial charge is 0.352 e. The molecule has 2 heterocycles. The zero-order chi connectivity index (χ0) is 18.7. The number of carbonyl (C=O) groups excluding carboxylic acids is 2. The minimum Gasteiger partial charge on any atom is -0.352 e. The van der Waals surface area contributed by atoms with Crippen LogP contribution in [0.15, 0.2) is 30.6 Å². The Morgan fingerprint density at radius 2 is 2.15 bits per heavy atom. The molecule has 0 spiro atoms. The highest BCUT2D eigenvalue weighted by atomic mass is 35.5. The van der Waals surface area contributed by atoms with E-state index in [-0.39, 0.29) is 36.1 Å². The molecule has 2 atom stereocenters. The first-order valence-electron chi connectivity index (χ1n) is 8.57. The summed E-state index contributed by atoms with van der Waals surface area (Å²) < 4.78 is 1.73. The summed E-state index contributed by atoms with van der Waals surface area (Å²) in [6.07, 6.45) is 3.72. The van der Waals surface area contributed by atoms with Crippen molar-refractivity contribution in [3.05, 3.63) is 46.7 Å². The van der Waals surface area contributed by atoms with E-state index < -0.39 is 0 Å². The van der Waals surface area contributed by atoms with Crippen LogP contribution in [0.25, 0.3) is 0 Å². The Balaban J connectivity index is 0.00000261. The third-order valence-corrected chi connectivity index (χ3v) is 4.76. The van der Waals surface area contributed by atoms with Crippen LogP contribution in [0.1, 0.15) is 28.8 Å². The van der Waals surface area contributed by atoms with Crippen LogP contribution in [0, 0.1) is 5.92 Å². The van der Waals surface area contributed by atoms with Crippen LogP contribution in [-0.4, -0.2) is 41.2 Å². The molecule has 1 saturated heterocycles. The SMILES string of the molecule is CCNC(=O)c1ccc(Cl)cc1NC(=O)[C@H]1CNC[C@@H]1c1cnn(C)c1.Cl. The number of aromatic nitrogens is 2. The smallest absolute Gasteiger partial charge is 0.253 e. The molecular formula is C18H23Cl2N5O2. The number of benzene rings is 1. The Morgan fingerprint density at radius 3 is 2.81 bits per heavy atom. The summed E-state index contributed by atoms with van der Waals surface area (Å²) in [4.78, 5) is 25.1. The number of nitrogens with zero attached hydrogens (tertiary/aromatic N) is 2. The zero-order valence-electron chi connectivity index (χ0n) is 15.2. The van der Waals surface area contributed by atoms with Crippen molar-refractivity contribution in [2.24, 2.45) is 13.0 Å². The van der Waals surface area contributed by atoms with Crippen molar-refractivity contribution >= 4 is 41.5 Å². The standard InChI is InChI=1S/C18H22ClN5O2.ClH/c1-3-21-17(25)13-5-4-12(19)6-16(13)23-18(26)15-9-20-8-14(15)11-7-22-24(2)10-11;/h4-7,10,14-15,20H,3,8-9H2,1-2H3,(H,21,25)(H,23,26);1H/t14-,15+;/m1./s1. The molecule has 27 heavy (non-hydrogen) atoms. The second-order valence-electron chi connectivity index (χ2n) is 6.36. The van der Waals surface area contributed by atoms with Gasteiger partial charge in [0.25, 0.3) is 5.91 Å². The van der Waals surface area contributed by atoms with Gasteiger partial charge in [-0.15, -0.1) is 12.4 Å². The molecule has 2 amide bonds. The van der Waals surface area contributed by atoms with Crippen LogP contribution in [-0.2, 0) is 11.8 Å². The summed E-state index contributed by atoms with van der Waals surface area (Å²) in [6, 6.07) is 4.86. The second kappa shape index (κ2) is 9.21. The molecule has 0 radical (unpaired) electrons. The predicted octanol–water partition coefficient (Wildman–Crippen LogP) is 2.19. The number of halogens is 2. The maximum absolute atomic E-state index is 12.9. The Hall–Kier alpha value is -2.09. The van der Waals surface area contributed by atoms with Gasteiger partial charge in [-0.2, -0.15) is 5.10 Å². The fraction of sp³-hybridized carbons (Fsp3) is 0.389. The van der Waals surface area contributed by atoms with Crippen molar-refractivity contribution in [1.29, 1.82) is 0 Å². The van der Waals surface area contributed by atoms with Gasteiger partial charge in [-0.1, -0.05) is 11.6 Å². The molecule has 1 fully saturated rings. The van der Waals surface area contributed by atoms with Gasteiger partial charge in [-0.05, 0) is 30.7 Å². The van der Waals surface area contributed by atoms with Crippen molar-refractivity contribution in [3.63, 3.8) is 0 Å². The van der Waals surface area contributed by atoms with E-state index in [9.17, 15) is 9.59 Å². The van der Waals surface area contributed by atoms with E-state index in [1.807, 2.05) is 20.2 Å². The highest BCUT2D eigenvalue weighted by molar-refractivity contribution is 6.31. The van der Waals surface area contributed by atoms with E-state index in [1.165, 1.54) is 0 Å². The minimum absolute atomic E-state index is 0. The van der Waals surface area contributed by atoms with E-state index in [4.69, 9.17) is 11.6 Å². The molecule has 2 aromatic rings. The first-order chi connectivity index (χ1) is 12.5. The molecule has 1 aromatic carbocycles. The summed E-state index contributed by atoms with van der Waals surface area (Å²) in [5.74, 6) is -0.597. The Morgan fingerprint density at radius 1 is 1.37 bits per heavy atom. The molecular weight excluding hydrogens is 389 g/mol. The Labute approximate surface area is 169 Å². The lowest BCUT2D eigenvalue weighted by molar-refractivity contribution is -0.119. The highest BCUT2D eigenvalue weighted by Gasteiger charge is 2.35. The number of aryl methyl sites for hydroxylation is 1. The molecule has 7 nitrogen and oxygen atoms in total. The third kappa shape index (κ3) is 4.80. The van der Waals surface area contributed by atoms with E-state index >= 15 is 0 Å². The highest BCUT2D eigenvalue weighted by Crippen LogP contribution is 2.30. The third-order valence-electron chi connectivity index (χ3n) is 4.53. The number of amides is 2. The first-order valence-corrected chi connectivity index (χ1v) is 8.95. The fourth-order valence-corrected chi connectivity index (χ4v) is 3.41. The molecule has 1 aliphatic rings. The summed E-state index contributed by atoms with van der Waals surface area (Å²) >= 11 is 6.06. The Kier molecular flexibility index (Phi) is 7.24. The molecule has 9 heteroatoms. The second-order valence-corrected chi connectivity index (χ2v) is 6.79. The van der Waals surface area contributed by atoms with Crippen molar-refractivity contribution < 1.29 is 9.59 Å². The molecule has 0 unspecified atom stereocenters.